The first-order valence-corrected chi connectivity index (χ1v) is 11.6. The summed E-state index contributed by atoms with van der Waals surface area (Å²) in [5.41, 5.74) is 0.109. The minimum Gasteiger partial charge on any atom is -0.497 e. The molecule has 1 N–H and O–H groups in total. The van der Waals surface area contributed by atoms with Gasteiger partial charge in [0, 0.05) is 19.6 Å². The average molecular weight is 431 g/mol. The molecule has 1 aromatic rings. The number of benzene rings is 1. The summed E-state index contributed by atoms with van der Waals surface area (Å²) in [7, 11) is 1.66. The smallest absolute Gasteiger partial charge is 0.410 e. The van der Waals surface area contributed by atoms with Gasteiger partial charge in [-0.05, 0) is 70.1 Å². The lowest BCUT2D eigenvalue weighted by Crippen LogP contribution is -2.49. The number of ether oxygens (including phenoxy) is 2. The molecule has 0 aromatic heterocycles. The molecular weight excluding hydrogens is 392 g/mol. The van der Waals surface area contributed by atoms with Crippen LogP contribution < -0.4 is 10.1 Å². The maximum absolute atomic E-state index is 13.5. The Bertz CT molecular complexity index is 748. The minimum atomic E-state index is -0.496. The molecule has 0 radical (unpaired) electrons. The van der Waals surface area contributed by atoms with Crippen molar-refractivity contribution in [3.05, 3.63) is 29.8 Å². The Hall–Kier alpha value is -2.24. The van der Waals surface area contributed by atoms with Crippen LogP contribution in [-0.4, -0.2) is 49.2 Å². The van der Waals surface area contributed by atoms with E-state index in [1.165, 1.54) is 6.42 Å². The lowest BCUT2D eigenvalue weighted by atomic mass is 9.68. The van der Waals surface area contributed by atoms with Crippen molar-refractivity contribution in [3.8, 4) is 5.75 Å². The van der Waals surface area contributed by atoms with Crippen LogP contribution in [0.3, 0.4) is 0 Å². The fourth-order valence-electron chi connectivity index (χ4n) is 4.84. The summed E-state index contributed by atoms with van der Waals surface area (Å²) in [5, 5.41) is 3.25. The number of likely N-dealkylation sites (tertiary alicyclic amines) is 1. The number of nitrogens with zero attached hydrogens (tertiary/aromatic N) is 1. The van der Waals surface area contributed by atoms with Crippen molar-refractivity contribution in [2.24, 2.45) is 5.92 Å². The highest BCUT2D eigenvalue weighted by Gasteiger charge is 2.41. The largest absolute Gasteiger partial charge is 0.497 e. The van der Waals surface area contributed by atoms with Crippen LogP contribution in [0.2, 0.25) is 0 Å². The van der Waals surface area contributed by atoms with Gasteiger partial charge in [-0.1, -0.05) is 31.4 Å². The molecule has 1 aliphatic heterocycles. The molecule has 2 fully saturated rings. The minimum absolute atomic E-state index is 0.117. The second-order valence-electron chi connectivity index (χ2n) is 10.0. The van der Waals surface area contributed by atoms with Gasteiger partial charge in [0.05, 0.1) is 12.5 Å². The Kier molecular flexibility index (Phi) is 7.50. The van der Waals surface area contributed by atoms with Crippen LogP contribution in [-0.2, 0) is 14.9 Å². The van der Waals surface area contributed by atoms with E-state index < -0.39 is 11.0 Å². The Morgan fingerprint density at radius 1 is 1.10 bits per heavy atom. The molecule has 1 aromatic carbocycles. The molecule has 1 aliphatic carbocycles. The number of hydrogen-bond acceptors (Lipinski definition) is 4. The van der Waals surface area contributed by atoms with E-state index in [0.717, 1.165) is 56.4 Å². The van der Waals surface area contributed by atoms with Crippen molar-refractivity contribution in [3.63, 3.8) is 0 Å². The molecule has 31 heavy (non-hydrogen) atoms. The lowest BCUT2D eigenvalue weighted by molar-refractivity contribution is -0.128. The van der Waals surface area contributed by atoms with Crippen LogP contribution >= 0.6 is 0 Å². The summed E-state index contributed by atoms with van der Waals surface area (Å²) >= 11 is 0. The van der Waals surface area contributed by atoms with Gasteiger partial charge in [-0.15, -0.1) is 0 Å². The van der Waals surface area contributed by atoms with Gasteiger partial charge < -0.3 is 19.7 Å². The number of nitrogens with one attached hydrogen (secondary N) is 1. The van der Waals surface area contributed by atoms with E-state index in [9.17, 15) is 9.59 Å². The van der Waals surface area contributed by atoms with Crippen molar-refractivity contribution < 1.29 is 19.1 Å². The molecule has 172 valence electrons. The van der Waals surface area contributed by atoms with E-state index in [1.807, 2.05) is 45.0 Å². The molecular formula is C25H38N2O4. The SMILES string of the molecule is COc1ccc(C2(C(=O)NCC3CCCN(C(=O)OC(C)(C)C)C3)CCCCC2)cc1. The van der Waals surface area contributed by atoms with Crippen LogP contribution in [0.5, 0.6) is 5.75 Å². The zero-order chi connectivity index (χ0) is 22.5. The van der Waals surface area contributed by atoms with Gasteiger partial charge in [0.25, 0.3) is 0 Å². The van der Waals surface area contributed by atoms with Crippen LogP contribution in [0.4, 0.5) is 4.79 Å². The zero-order valence-corrected chi connectivity index (χ0v) is 19.5. The van der Waals surface area contributed by atoms with Gasteiger partial charge in [0.2, 0.25) is 5.91 Å². The standard InChI is InChI=1S/C25H38N2O4/c1-24(2,3)31-23(29)27-16-8-9-19(18-27)17-26-22(28)25(14-6-5-7-15-25)20-10-12-21(30-4)13-11-20/h10-13,19H,5-9,14-18H2,1-4H3,(H,26,28). The molecule has 1 saturated heterocycles. The second kappa shape index (κ2) is 9.92. The molecule has 0 spiro atoms. The van der Waals surface area contributed by atoms with E-state index in [1.54, 1.807) is 12.0 Å². The first kappa shape index (κ1) is 23.4. The monoisotopic (exact) mass is 430 g/mol. The van der Waals surface area contributed by atoms with Gasteiger partial charge in [-0.3, -0.25) is 4.79 Å². The van der Waals surface area contributed by atoms with E-state index in [4.69, 9.17) is 9.47 Å². The predicted molar refractivity (Wildman–Crippen MR) is 121 cm³/mol. The number of rotatable bonds is 5. The van der Waals surface area contributed by atoms with Gasteiger partial charge in [0.15, 0.2) is 0 Å². The molecule has 2 amide bonds. The number of methoxy groups -OCH3 is 1. The summed E-state index contributed by atoms with van der Waals surface area (Å²) in [6, 6.07) is 7.96. The summed E-state index contributed by atoms with van der Waals surface area (Å²) < 4.78 is 10.8. The third-order valence-electron chi connectivity index (χ3n) is 6.51. The van der Waals surface area contributed by atoms with Gasteiger partial charge in [-0.2, -0.15) is 0 Å². The van der Waals surface area contributed by atoms with E-state index >= 15 is 0 Å². The molecule has 1 atom stereocenters. The van der Waals surface area contributed by atoms with Crippen LogP contribution in [0.25, 0.3) is 0 Å². The van der Waals surface area contributed by atoms with Crippen molar-refractivity contribution in [2.45, 2.75) is 76.7 Å². The molecule has 6 nitrogen and oxygen atoms in total. The fourth-order valence-corrected chi connectivity index (χ4v) is 4.84. The first-order chi connectivity index (χ1) is 14.7. The maximum Gasteiger partial charge on any atom is 0.410 e. The summed E-state index contributed by atoms with van der Waals surface area (Å²) in [6.07, 6.45) is 6.74. The predicted octanol–water partition coefficient (Wildman–Crippen LogP) is 4.66. The quantitative estimate of drug-likeness (QED) is 0.738. The molecule has 1 saturated carbocycles. The maximum atomic E-state index is 13.5. The van der Waals surface area contributed by atoms with Gasteiger partial charge in [0.1, 0.15) is 11.4 Å². The molecule has 2 aliphatic rings. The number of piperidine rings is 1. The second-order valence-corrected chi connectivity index (χ2v) is 10.0. The Balaban J connectivity index is 1.63. The number of amides is 2. The highest BCUT2D eigenvalue weighted by Crippen LogP contribution is 2.40. The Morgan fingerprint density at radius 2 is 1.77 bits per heavy atom. The first-order valence-electron chi connectivity index (χ1n) is 11.6. The highest BCUT2D eigenvalue weighted by molar-refractivity contribution is 5.88. The van der Waals surface area contributed by atoms with E-state index in [2.05, 4.69) is 5.32 Å². The third kappa shape index (κ3) is 5.92. The van der Waals surface area contributed by atoms with Crippen molar-refractivity contribution in [2.75, 3.05) is 26.7 Å². The third-order valence-corrected chi connectivity index (χ3v) is 6.51. The van der Waals surface area contributed by atoms with Crippen LogP contribution in [0, 0.1) is 5.92 Å². The van der Waals surface area contributed by atoms with Gasteiger partial charge in [-0.25, -0.2) is 4.79 Å². The van der Waals surface area contributed by atoms with Gasteiger partial charge >= 0.3 is 6.09 Å². The lowest BCUT2D eigenvalue weighted by Gasteiger charge is -2.38. The zero-order valence-electron chi connectivity index (χ0n) is 19.5. The van der Waals surface area contributed by atoms with Crippen LogP contribution in [0.1, 0.15) is 71.3 Å². The Labute approximate surface area is 186 Å². The topological polar surface area (TPSA) is 67.9 Å². The van der Waals surface area contributed by atoms with Crippen molar-refractivity contribution in [1.29, 1.82) is 0 Å². The number of carbonyl (C=O) groups is 2. The summed E-state index contributed by atoms with van der Waals surface area (Å²) in [6.45, 7) is 7.59. The highest BCUT2D eigenvalue weighted by atomic mass is 16.6. The van der Waals surface area contributed by atoms with E-state index in [0.29, 0.717) is 13.1 Å². The molecule has 3 rings (SSSR count). The van der Waals surface area contributed by atoms with Crippen molar-refractivity contribution in [1.82, 2.24) is 10.2 Å². The molecule has 1 unspecified atom stereocenters. The molecule has 6 heteroatoms. The van der Waals surface area contributed by atoms with Crippen molar-refractivity contribution >= 4 is 12.0 Å². The normalized spacial score (nSPS) is 21.3. The average Bonchev–Trinajstić information content (AvgIpc) is 2.77. The molecule has 1 heterocycles. The Morgan fingerprint density at radius 3 is 2.39 bits per heavy atom. The summed E-state index contributed by atoms with van der Waals surface area (Å²) in [4.78, 5) is 27.7. The van der Waals surface area contributed by atoms with Crippen LogP contribution in [0.15, 0.2) is 24.3 Å². The number of hydrogen-bond donors (Lipinski definition) is 1. The fraction of sp³-hybridized carbons (Fsp3) is 0.680. The summed E-state index contributed by atoms with van der Waals surface area (Å²) in [5.74, 6) is 1.17. The number of carbonyl (C=O) groups excluding carboxylic acids is 2. The molecule has 0 bridgehead atoms. The van der Waals surface area contributed by atoms with E-state index in [-0.39, 0.29) is 17.9 Å².